The Morgan fingerprint density at radius 3 is 2.52 bits per heavy atom. The van der Waals surface area contributed by atoms with E-state index < -0.39 is 11.9 Å². The van der Waals surface area contributed by atoms with Crippen molar-refractivity contribution in [1.82, 2.24) is 29.8 Å². The first-order chi connectivity index (χ1) is 14.7. The highest BCUT2D eigenvalue weighted by molar-refractivity contribution is 6.35. The van der Waals surface area contributed by atoms with E-state index in [-0.39, 0.29) is 33.8 Å². The van der Waals surface area contributed by atoms with Gasteiger partial charge in [-0.2, -0.15) is 18.3 Å². The van der Waals surface area contributed by atoms with Crippen molar-refractivity contribution in [2.75, 3.05) is 0 Å². The summed E-state index contributed by atoms with van der Waals surface area (Å²) in [6.07, 6.45) is -4.65. The van der Waals surface area contributed by atoms with Gasteiger partial charge in [-0.1, -0.05) is 29.3 Å². The third kappa shape index (κ3) is 3.28. The van der Waals surface area contributed by atoms with E-state index in [2.05, 4.69) is 25.3 Å². The summed E-state index contributed by atoms with van der Waals surface area (Å²) < 4.78 is 46.6. The molecule has 4 heterocycles. The molecule has 0 bridgehead atoms. The third-order valence-corrected chi connectivity index (χ3v) is 4.99. The fourth-order valence-corrected chi connectivity index (χ4v) is 3.48. The van der Waals surface area contributed by atoms with E-state index >= 15 is 0 Å². The number of rotatable bonds is 2. The lowest BCUT2D eigenvalue weighted by atomic mass is 10.1. The van der Waals surface area contributed by atoms with Crippen molar-refractivity contribution in [3.63, 3.8) is 0 Å². The van der Waals surface area contributed by atoms with Crippen molar-refractivity contribution in [3.8, 4) is 23.2 Å². The predicted octanol–water partition coefficient (Wildman–Crippen LogP) is 5.28. The van der Waals surface area contributed by atoms with Crippen LogP contribution >= 0.6 is 11.6 Å². The number of alkyl halides is 3. The molecule has 0 aliphatic rings. The molecule has 1 aromatic carbocycles. The SMILES string of the molecule is Cc1ccc2nc(-c3nnc(-c4nn5c(C(F)(F)F)cc(C)nc5c4Cl)o3)ccc2c1. The Morgan fingerprint density at radius 2 is 1.74 bits per heavy atom. The highest BCUT2D eigenvalue weighted by Crippen LogP contribution is 2.35. The molecule has 4 aromatic heterocycles. The molecule has 7 nitrogen and oxygen atoms in total. The number of pyridine rings is 1. The fourth-order valence-electron chi connectivity index (χ4n) is 3.24. The van der Waals surface area contributed by atoms with E-state index in [9.17, 15) is 13.2 Å². The van der Waals surface area contributed by atoms with Gasteiger partial charge in [-0.3, -0.25) is 0 Å². The Balaban J connectivity index is 1.61. The number of aromatic nitrogens is 6. The van der Waals surface area contributed by atoms with E-state index in [4.69, 9.17) is 16.0 Å². The summed E-state index contributed by atoms with van der Waals surface area (Å²) in [5, 5.41) is 12.6. The number of hydrogen-bond acceptors (Lipinski definition) is 6. The summed E-state index contributed by atoms with van der Waals surface area (Å²) in [7, 11) is 0. The molecule has 5 aromatic rings. The topological polar surface area (TPSA) is 82.0 Å². The second kappa shape index (κ2) is 6.74. The number of aryl methyl sites for hydroxylation is 2. The standard InChI is InChI=1S/C20H12ClF3N6O/c1-9-3-5-12-11(7-9)4-6-13(26-12)18-27-28-19(31-18)16-15(21)17-25-10(2)8-14(20(22,23)24)30(17)29-16/h3-8H,1-2H3. The zero-order valence-electron chi connectivity index (χ0n) is 16.1. The summed E-state index contributed by atoms with van der Waals surface area (Å²) in [5.74, 6) is -0.0483. The lowest BCUT2D eigenvalue weighted by Gasteiger charge is -2.09. The van der Waals surface area contributed by atoms with E-state index in [1.165, 1.54) is 6.92 Å². The minimum atomic E-state index is -4.65. The monoisotopic (exact) mass is 444 g/mol. The molecule has 0 amide bonds. The van der Waals surface area contributed by atoms with Gasteiger partial charge >= 0.3 is 6.18 Å². The van der Waals surface area contributed by atoms with Crippen molar-refractivity contribution < 1.29 is 17.6 Å². The molecule has 0 unspecified atom stereocenters. The molecule has 0 aliphatic heterocycles. The van der Waals surface area contributed by atoms with Crippen LogP contribution in [0, 0.1) is 13.8 Å². The molecule has 156 valence electrons. The largest absolute Gasteiger partial charge is 0.433 e. The Labute approximate surface area is 177 Å². The Morgan fingerprint density at radius 1 is 0.968 bits per heavy atom. The molecule has 0 saturated heterocycles. The van der Waals surface area contributed by atoms with Crippen LogP contribution in [0.3, 0.4) is 0 Å². The fraction of sp³-hybridized carbons (Fsp3) is 0.150. The van der Waals surface area contributed by atoms with Crippen LogP contribution < -0.4 is 0 Å². The zero-order chi connectivity index (χ0) is 21.9. The minimum absolute atomic E-state index is 0.0887. The van der Waals surface area contributed by atoms with Gasteiger partial charge in [0.25, 0.3) is 11.8 Å². The maximum absolute atomic E-state index is 13.4. The Hall–Kier alpha value is -3.53. The average Bonchev–Trinajstić information content (AvgIpc) is 3.32. The van der Waals surface area contributed by atoms with Crippen LogP contribution in [-0.4, -0.2) is 29.8 Å². The smallest absolute Gasteiger partial charge is 0.413 e. The molecule has 0 radical (unpaired) electrons. The molecule has 0 N–H and O–H groups in total. The zero-order valence-corrected chi connectivity index (χ0v) is 16.8. The van der Waals surface area contributed by atoms with Crippen molar-refractivity contribution in [1.29, 1.82) is 0 Å². The van der Waals surface area contributed by atoms with E-state index in [1.807, 2.05) is 31.2 Å². The van der Waals surface area contributed by atoms with Gasteiger partial charge in [0.05, 0.1) is 5.52 Å². The molecule has 5 rings (SSSR count). The van der Waals surface area contributed by atoms with E-state index in [0.717, 1.165) is 22.5 Å². The third-order valence-electron chi connectivity index (χ3n) is 4.64. The molecule has 11 heteroatoms. The highest BCUT2D eigenvalue weighted by Gasteiger charge is 2.36. The molecule has 31 heavy (non-hydrogen) atoms. The van der Waals surface area contributed by atoms with Gasteiger partial charge < -0.3 is 4.42 Å². The van der Waals surface area contributed by atoms with Crippen molar-refractivity contribution in [3.05, 3.63) is 58.4 Å². The number of halogens is 4. The quantitative estimate of drug-likeness (QED) is 0.368. The summed E-state index contributed by atoms with van der Waals surface area (Å²) >= 11 is 6.28. The van der Waals surface area contributed by atoms with Crippen LogP contribution in [0.4, 0.5) is 13.2 Å². The average molecular weight is 445 g/mol. The van der Waals surface area contributed by atoms with Crippen molar-refractivity contribution in [2.45, 2.75) is 20.0 Å². The maximum Gasteiger partial charge on any atom is 0.433 e. The van der Waals surface area contributed by atoms with Crippen LogP contribution in [0.1, 0.15) is 17.0 Å². The first-order valence-corrected chi connectivity index (χ1v) is 9.43. The molecule has 0 atom stereocenters. The molecule has 0 saturated carbocycles. The van der Waals surface area contributed by atoms with Gasteiger partial charge in [0.1, 0.15) is 16.4 Å². The molecule has 0 spiro atoms. The molecule has 0 fully saturated rings. The predicted molar refractivity (Wildman–Crippen MR) is 107 cm³/mol. The Kier molecular flexibility index (Phi) is 4.23. The molecular formula is C20H12ClF3N6O. The van der Waals surface area contributed by atoms with E-state index in [0.29, 0.717) is 10.2 Å². The van der Waals surface area contributed by atoms with Gasteiger partial charge in [-0.25, -0.2) is 14.5 Å². The number of fused-ring (bicyclic) bond motifs is 2. The first kappa shape index (κ1) is 19.4. The van der Waals surface area contributed by atoms with Crippen LogP contribution in [0.2, 0.25) is 5.02 Å². The first-order valence-electron chi connectivity index (χ1n) is 9.05. The van der Waals surface area contributed by atoms with Gasteiger partial charge in [-0.05, 0) is 38.1 Å². The second-order valence-corrected chi connectivity index (χ2v) is 7.36. The van der Waals surface area contributed by atoms with Crippen molar-refractivity contribution >= 4 is 28.2 Å². The van der Waals surface area contributed by atoms with E-state index in [1.54, 1.807) is 6.07 Å². The van der Waals surface area contributed by atoms with Crippen LogP contribution in [0.25, 0.3) is 39.7 Å². The normalized spacial score (nSPS) is 12.2. The lowest BCUT2D eigenvalue weighted by Crippen LogP contribution is -2.13. The number of nitrogens with zero attached hydrogens (tertiary/aromatic N) is 6. The van der Waals surface area contributed by atoms with Gasteiger partial charge in [0.2, 0.25) is 0 Å². The highest BCUT2D eigenvalue weighted by atomic mass is 35.5. The van der Waals surface area contributed by atoms with Gasteiger partial charge in [0.15, 0.2) is 11.3 Å². The summed E-state index contributed by atoms with van der Waals surface area (Å²) in [6.45, 7) is 3.42. The number of benzene rings is 1. The maximum atomic E-state index is 13.4. The number of hydrogen-bond donors (Lipinski definition) is 0. The summed E-state index contributed by atoms with van der Waals surface area (Å²) in [5.41, 5.74) is 1.15. The van der Waals surface area contributed by atoms with Gasteiger partial charge in [-0.15, -0.1) is 10.2 Å². The molecule has 0 aliphatic carbocycles. The minimum Gasteiger partial charge on any atom is -0.413 e. The van der Waals surface area contributed by atoms with Crippen LogP contribution in [0.15, 0.2) is 40.8 Å². The molecular weight excluding hydrogens is 433 g/mol. The van der Waals surface area contributed by atoms with Crippen LogP contribution in [0.5, 0.6) is 0 Å². The van der Waals surface area contributed by atoms with Crippen LogP contribution in [-0.2, 0) is 6.18 Å². The van der Waals surface area contributed by atoms with Gasteiger partial charge in [0, 0.05) is 11.1 Å². The summed E-state index contributed by atoms with van der Waals surface area (Å²) in [6, 6.07) is 10.3. The lowest BCUT2D eigenvalue weighted by molar-refractivity contribution is -0.142. The van der Waals surface area contributed by atoms with Crippen molar-refractivity contribution in [2.24, 2.45) is 0 Å². The Bertz CT molecular complexity index is 1470. The second-order valence-electron chi connectivity index (χ2n) is 6.98. The summed E-state index contributed by atoms with van der Waals surface area (Å²) in [4.78, 5) is 8.57.